The van der Waals surface area contributed by atoms with Gasteiger partial charge in [0, 0.05) is 12.6 Å². The molecule has 1 nitrogen and oxygen atoms in total. The van der Waals surface area contributed by atoms with E-state index in [9.17, 15) is 0 Å². The SMILES string of the molecule is CCc1ccc(CNC(CC)c2ccccc2)cc1. The van der Waals surface area contributed by atoms with E-state index >= 15 is 0 Å². The number of benzene rings is 2. The van der Waals surface area contributed by atoms with Gasteiger partial charge >= 0.3 is 0 Å². The standard InChI is InChI=1S/C18H23N/c1-3-15-10-12-16(13-11-15)14-19-18(4-2)17-8-6-5-7-9-17/h5-13,18-19H,3-4,14H2,1-2H3. The Hall–Kier alpha value is -1.60. The maximum absolute atomic E-state index is 3.64. The predicted octanol–water partition coefficient (Wildman–Crippen LogP) is 4.49. The molecule has 0 saturated carbocycles. The molecule has 0 aliphatic carbocycles. The second kappa shape index (κ2) is 7.10. The summed E-state index contributed by atoms with van der Waals surface area (Å²) in [6.07, 6.45) is 2.21. The third-order valence-corrected chi connectivity index (χ3v) is 3.59. The van der Waals surface area contributed by atoms with Crippen LogP contribution in [-0.4, -0.2) is 0 Å². The first-order valence-electron chi connectivity index (χ1n) is 7.19. The van der Waals surface area contributed by atoms with Crippen LogP contribution in [0.3, 0.4) is 0 Å². The highest BCUT2D eigenvalue weighted by atomic mass is 14.9. The van der Waals surface area contributed by atoms with Crippen LogP contribution in [0, 0.1) is 0 Å². The van der Waals surface area contributed by atoms with Crippen LogP contribution < -0.4 is 5.32 Å². The van der Waals surface area contributed by atoms with Crippen molar-refractivity contribution < 1.29 is 0 Å². The Kier molecular flexibility index (Phi) is 5.17. The minimum absolute atomic E-state index is 0.437. The van der Waals surface area contributed by atoms with Crippen molar-refractivity contribution in [2.75, 3.05) is 0 Å². The van der Waals surface area contributed by atoms with Crippen molar-refractivity contribution in [3.8, 4) is 0 Å². The van der Waals surface area contributed by atoms with Gasteiger partial charge < -0.3 is 5.32 Å². The average molecular weight is 253 g/mol. The second-order valence-electron chi connectivity index (χ2n) is 4.92. The van der Waals surface area contributed by atoms with Crippen LogP contribution in [0.25, 0.3) is 0 Å². The highest BCUT2D eigenvalue weighted by Crippen LogP contribution is 2.16. The van der Waals surface area contributed by atoms with Gasteiger partial charge in [0.15, 0.2) is 0 Å². The Morgan fingerprint density at radius 2 is 1.47 bits per heavy atom. The van der Waals surface area contributed by atoms with E-state index in [0.29, 0.717) is 6.04 Å². The quantitative estimate of drug-likeness (QED) is 0.799. The van der Waals surface area contributed by atoms with Crippen molar-refractivity contribution in [2.45, 2.75) is 39.3 Å². The van der Waals surface area contributed by atoms with E-state index in [2.05, 4.69) is 73.8 Å². The molecule has 0 saturated heterocycles. The molecule has 0 bridgehead atoms. The van der Waals surface area contributed by atoms with E-state index in [4.69, 9.17) is 0 Å². The second-order valence-corrected chi connectivity index (χ2v) is 4.92. The van der Waals surface area contributed by atoms with Crippen LogP contribution in [0.15, 0.2) is 54.6 Å². The van der Waals surface area contributed by atoms with Gasteiger partial charge in [-0.25, -0.2) is 0 Å². The zero-order valence-corrected chi connectivity index (χ0v) is 11.9. The van der Waals surface area contributed by atoms with Gasteiger partial charge in [0.25, 0.3) is 0 Å². The van der Waals surface area contributed by atoms with Gasteiger partial charge in [-0.2, -0.15) is 0 Å². The van der Waals surface area contributed by atoms with E-state index in [1.807, 2.05) is 0 Å². The molecule has 19 heavy (non-hydrogen) atoms. The Labute approximate surface area is 116 Å². The molecule has 0 fully saturated rings. The van der Waals surface area contributed by atoms with E-state index < -0.39 is 0 Å². The zero-order chi connectivity index (χ0) is 13.5. The van der Waals surface area contributed by atoms with Crippen LogP contribution in [0.4, 0.5) is 0 Å². The molecular formula is C18H23N. The van der Waals surface area contributed by atoms with Gasteiger partial charge in [0.05, 0.1) is 0 Å². The molecule has 0 heterocycles. The molecular weight excluding hydrogens is 230 g/mol. The molecule has 100 valence electrons. The lowest BCUT2D eigenvalue weighted by Gasteiger charge is -2.17. The molecule has 0 aliphatic heterocycles. The Balaban J connectivity index is 1.96. The van der Waals surface area contributed by atoms with Gasteiger partial charge in [-0.15, -0.1) is 0 Å². The molecule has 0 aliphatic rings. The molecule has 2 aromatic carbocycles. The summed E-state index contributed by atoms with van der Waals surface area (Å²) in [7, 11) is 0. The summed E-state index contributed by atoms with van der Waals surface area (Å²) >= 11 is 0. The zero-order valence-electron chi connectivity index (χ0n) is 11.9. The molecule has 0 spiro atoms. The largest absolute Gasteiger partial charge is 0.306 e. The molecule has 0 aromatic heterocycles. The first-order chi connectivity index (χ1) is 9.33. The average Bonchev–Trinajstić information content (AvgIpc) is 2.49. The van der Waals surface area contributed by atoms with E-state index in [1.165, 1.54) is 16.7 Å². The fraction of sp³-hybridized carbons (Fsp3) is 0.333. The monoisotopic (exact) mass is 253 g/mol. The highest BCUT2D eigenvalue weighted by molar-refractivity contribution is 5.23. The predicted molar refractivity (Wildman–Crippen MR) is 82.1 cm³/mol. The minimum atomic E-state index is 0.437. The fourth-order valence-electron chi connectivity index (χ4n) is 2.32. The number of aryl methyl sites for hydroxylation is 1. The third kappa shape index (κ3) is 3.93. The number of hydrogen-bond acceptors (Lipinski definition) is 1. The summed E-state index contributed by atoms with van der Waals surface area (Å²) in [5, 5.41) is 3.64. The summed E-state index contributed by atoms with van der Waals surface area (Å²) in [4.78, 5) is 0. The summed E-state index contributed by atoms with van der Waals surface area (Å²) in [6, 6.07) is 20.0. The molecule has 2 rings (SSSR count). The van der Waals surface area contributed by atoms with Crippen LogP contribution in [0.5, 0.6) is 0 Å². The number of rotatable bonds is 6. The maximum Gasteiger partial charge on any atom is 0.0320 e. The summed E-state index contributed by atoms with van der Waals surface area (Å²) in [5.74, 6) is 0. The van der Waals surface area contributed by atoms with Crippen molar-refractivity contribution >= 4 is 0 Å². The molecule has 1 unspecified atom stereocenters. The summed E-state index contributed by atoms with van der Waals surface area (Å²) < 4.78 is 0. The topological polar surface area (TPSA) is 12.0 Å². The highest BCUT2D eigenvalue weighted by Gasteiger charge is 2.07. The van der Waals surface area contributed by atoms with Gasteiger partial charge in [-0.05, 0) is 29.5 Å². The normalized spacial score (nSPS) is 12.3. The van der Waals surface area contributed by atoms with Crippen molar-refractivity contribution in [1.82, 2.24) is 5.32 Å². The summed E-state index contributed by atoms with van der Waals surface area (Å²) in [5.41, 5.74) is 4.13. The van der Waals surface area contributed by atoms with Crippen LogP contribution in [-0.2, 0) is 13.0 Å². The Bertz CT molecular complexity index is 473. The van der Waals surface area contributed by atoms with Gasteiger partial charge in [0.2, 0.25) is 0 Å². The molecule has 2 aromatic rings. The lowest BCUT2D eigenvalue weighted by molar-refractivity contribution is 0.519. The molecule has 0 amide bonds. The fourth-order valence-corrected chi connectivity index (χ4v) is 2.32. The van der Waals surface area contributed by atoms with Gasteiger partial charge in [0.1, 0.15) is 0 Å². The van der Waals surface area contributed by atoms with E-state index in [0.717, 1.165) is 19.4 Å². The van der Waals surface area contributed by atoms with Crippen molar-refractivity contribution in [3.05, 3.63) is 71.3 Å². The van der Waals surface area contributed by atoms with Crippen molar-refractivity contribution in [2.24, 2.45) is 0 Å². The molecule has 1 atom stereocenters. The van der Waals surface area contributed by atoms with Crippen molar-refractivity contribution in [3.63, 3.8) is 0 Å². The molecule has 0 radical (unpaired) electrons. The van der Waals surface area contributed by atoms with E-state index in [-0.39, 0.29) is 0 Å². The maximum atomic E-state index is 3.64. The Morgan fingerprint density at radius 3 is 2.05 bits per heavy atom. The minimum Gasteiger partial charge on any atom is -0.306 e. The number of nitrogens with one attached hydrogen (secondary N) is 1. The van der Waals surface area contributed by atoms with Crippen LogP contribution in [0.1, 0.15) is 43.0 Å². The third-order valence-electron chi connectivity index (χ3n) is 3.59. The Morgan fingerprint density at radius 1 is 0.842 bits per heavy atom. The number of hydrogen-bond donors (Lipinski definition) is 1. The van der Waals surface area contributed by atoms with Gasteiger partial charge in [-0.1, -0.05) is 68.4 Å². The molecule has 1 N–H and O–H groups in total. The first kappa shape index (κ1) is 13.8. The van der Waals surface area contributed by atoms with E-state index in [1.54, 1.807) is 0 Å². The first-order valence-corrected chi connectivity index (χ1v) is 7.19. The van der Waals surface area contributed by atoms with Gasteiger partial charge in [-0.3, -0.25) is 0 Å². The lowest BCUT2D eigenvalue weighted by Crippen LogP contribution is -2.20. The van der Waals surface area contributed by atoms with Crippen LogP contribution in [0.2, 0.25) is 0 Å². The van der Waals surface area contributed by atoms with Crippen molar-refractivity contribution in [1.29, 1.82) is 0 Å². The summed E-state index contributed by atoms with van der Waals surface area (Å²) in [6.45, 7) is 5.35. The van der Waals surface area contributed by atoms with Crippen LogP contribution >= 0.6 is 0 Å². The smallest absolute Gasteiger partial charge is 0.0320 e. The lowest BCUT2D eigenvalue weighted by atomic mass is 10.0. The molecule has 1 heteroatoms.